The summed E-state index contributed by atoms with van der Waals surface area (Å²) in [7, 11) is 0. The fourth-order valence-electron chi connectivity index (χ4n) is 2.93. The van der Waals surface area contributed by atoms with Gasteiger partial charge in [-0.3, -0.25) is 9.89 Å². The summed E-state index contributed by atoms with van der Waals surface area (Å²) in [6.07, 6.45) is 0.541. The standard InChI is InChI=1S/C20H18ClN5O/c1-13-17(11-14-5-3-2-4-6-14)19(27)26-20(23-13)24-18(25-26)12-22-16-9-7-15(21)8-10-16/h2-10,22H,11-12H2,1H3,(H,23,24,25). The molecule has 0 atom stereocenters. The van der Waals surface area contributed by atoms with Crippen LogP contribution in [0.4, 0.5) is 5.69 Å². The van der Waals surface area contributed by atoms with Crippen molar-refractivity contribution in [2.75, 3.05) is 5.32 Å². The molecule has 0 radical (unpaired) electrons. The van der Waals surface area contributed by atoms with Crippen LogP contribution in [-0.2, 0) is 13.0 Å². The first kappa shape index (κ1) is 17.3. The number of aromatic nitrogens is 4. The highest BCUT2D eigenvalue weighted by atomic mass is 35.5. The molecule has 136 valence electrons. The van der Waals surface area contributed by atoms with Gasteiger partial charge in [0.05, 0.1) is 12.2 Å². The van der Waals surface area contributed by atoms with Gasteiger partial charge in [0.1, 0.15) is 5.82 Å². The molecule has 4 aromatic rings. The molecular weight excluding hydrogens is 362 g/mol. The summed E-state index contributed by atoms with van der Waals surface area (Å²) in [6.45, 7) is 2.29. The predicted molar refractivity (Wildman–Crippen MR) is 106 cm³/mol. The Balaban J connectivity index is 1.61. The van der Waals surface area contributed by atoms with E-state index >= 15 is 0 Å². The highest BCUT2D eigenvalue weighted by molar-refractivity contribution is 6.30. The van der Waals surface area contributed by atoms with Crippen molar-refractivity contribution >= 4 is 23.1 Å². The Labute approximate surface area is 160 Å². The van der Waals surface area contributed by atoms with E-state index in [0.29, 0.717) is 40.8 Å². The minimum Gasteiger partial charge on any atom is -0.378 e. The van der Waals surface area contributed by atoms with Gasteiger partial charge in [0.2, 0.25) is 0 Å². The van der Waals surface area contributed by atoms with E-state index in [9.17, 15) is 4.79 Å². The van der Waals surface area contributed by atoms with Crippen molar-refractivity contribution in [1.82, 2.24) is 19.6 Å². The molecule has 0 aliphatic heterocycles. The van der Waals surface area contributed by atoms with E-state index in [0.717, 1.165) is 11.3 Å². The van der Waals surface area contributed by atoms with E-state index in [4.69, 9.17) is 11.6 Å². The number of nitrogens with one attached hydrogen (secondary N) is 2. The molecule has 2 N–H and O–H groups in total. The summed E-state index contributed by atoms with van der Waals surface area (Å²) in [4.78, 5) is 21.8. The monoisotopic (exact) mass is 379 g/mol. The van der Waals surface area contributed by atoms with E-state index < -0.39 is 0 Å². The second-order valence-electron chi connectivity index (χ2n) is 6.31. The van der Waals surface area contributed by atoms with Crippen LogP contribution in [0.5, 0.6) is 0 Å². The van der Waals surface area contributed by atoms with Crippen LogP contribution in [-0.4, -0.2) is 19.6 Å². The number of rotatable bonds is 5. The van der Waals surface area contributed by atoms with Crippen molar-refractivity contribution in [2.45, 2.75) is 19.9 Å². The van der Waals surface area contributed by atoms with E-state index in [2.05, 4.69) is 20.4 Å². The molecule has 0 spiro atoms. The maximum Gasteiger partial charge on any atom is 0.277 e. The maximum atomic E-state index is 12.9. The number of fused-ring (bicyclic) bond motifs is 1. The van der Waals surface area contributed by atoms with Crippen LogP contribution in [0, 0.1) is 6.92 Å². The fraction of sp³-hybridized carbons (Fsp3) is 0.150. The zero-order valence-electron chi connectivity index (χ0n) is 14.7. The van der Waals surface area contributed by atoms with Crippen LogP contribution >= 0.6 is 11.6 Å². The first-order chi connectivity index (χ1) is 13.1. The van der Waals surface area contributed by atoms with Crippen molar-refractivity contribution in [1.29, 1.82) is 0 Å². The molecule has 0 saturated carbocycles. The van der Waals surface area contributed by atoms with Crippen LogP contribution in [0.3, 0.4) is 0 Å². The molecule has 2 aromatic heterocycles. The third kappa shape index (κ3) is 3.71. The lowest BCUT2D eigenvalue weighted by atomic mass is 10.1. The third-order valence-corrected chi connectivity index (χ3v) is 4.62. The Morgan fingerprint density at radius 1 is 1.07 bits per heavy atom. The van der Waals surface area contributed by atoms with Crippen LogP contribution < -0.4 is 10.9 Å². The van der Waals surface area contributed by atoms with Gasteiger partial charge in [0, 0.05) is 22.7 Å². The minimum atomic E-state index is -0.119. The molecule has 2 heterocycles. The fourth-order valence-corrected chi connectivity index (χ4v) is 3.06. The van der Waals surface area contributed by atoms with Gasteiger partial charge in [-0.15, -0.1) is 0 Å². The third-order valence-electron chi connectivity index (χ3n) is 4.37. The van der Waals surface area contributed by atoms with Crippen LogP contribution in [0.2, 0.25) is 5.02 Å². The van der Waals surface area contributed by atoms with Crippen LogP contribution in [0.15, 0.2) is 59.4 Å². The van der Waals surface area contributed by atoms with E-state index in [-0.39, 0.29) is 5.56 Å². The average molecular weight is 380 g/mol. The Bertz CT molecular complexity index is 1130. The number of hydrogen-bond acceptors (Lipinski definition) is 4. The second-order valence-corrected chi connectivity index (χ2v) is 6.75. The summed E-state index contributed by atoms with van der Waals surface area (Å²) < 4.78 is 1.41. The number of halogens is 1. The van der Waals surface area contributed by atoms with E-state index in [1.807, 2.05) is 61.5 Å². The van der Waals surface area contributed by atoms with Crippen molar-refractivity contribution in [3.05, 3.63) is 92.6 Å². The number of anilines is 1. The van der Waals surface area contributed by atoms with Gasteiger partial charge in [-0.1, -0.05) is 41.9 Å². The van der Waals surface area contributed by atoms with Crippen molar-refractivity contribution in [2.24, 2.45) is 0 Å². The Kier molecular flexibility index (Phi) is 4.64. The van der Waals surface area contributed by atoms with Gasteiger partial charge in [-0.25, -0.2) is 4.98 Å². The molecule has 0 aliphatic carbocycles. The minimum absolute atomic E-state index is 0.119. The molecule has 7 heteroatoms. The topological polar surface area (TPSA) is 75.1 Å². The first-order valence-corrected chi connectivity index (χ1v) is 8.98. The lowest BCUT2D eigenvalue weighted by Gasteiger charge is -2.05. The molecule has 6 nitrogen and oxygen atoms in total. The highest BCUT2D eigenvalue weighted by Crippen LogP contribution is 2.14. The molecule has 0 bridgehead atoms. The summed E-state index contributed by atoms with van der Waals surface area (Å²) in [5.41, 5.74) is 3.24. The van der Waals surface area contributed by atoms with Gasteiger partial charge in [0.25, 0.3) is 11.3 Å². The maximum absolute atomic E-state index is 12.9. The SMILES string of the molecule is Cc1nc2nc(CNc3ccc(Cl)cc3)[nH]n2c(=O)c1Cc1ccccc1. The molecule has 4 rings (SSSR count). The van der Waals surface area contributed by atoms with E-state index in [1.54, 1.807) is 0 Å². The number of aryl methyl sites for hydroxylation is 1. The molecule has 27 heavy (non-hydrogen) atoms. The summed E-state index contributed by atoms with van der Waals surface area (Å²) in [6, 6.07) is 17.3. The lowest BCUT2D eigenvalue weighted by Crippen LogP contribution is -2.22. The van der Waals surface area contributed by atoms with Gasteiger partial charge < -0.3 is 5.32 Å². The summed E-state index contributed by atoms with van der Waals surface area (Å²) in [5, 5.41) is 6.96. The molecule has 0 saturated heterocycles. The number of hydrogen-bond donors (Lipinski definition) is 2. The van der Waals surface area contributed by atoms with Gasteiger partial charge in [0.15, 0.2) is 0 Å². The van der Waals surface area contributed by atoms with Gasteiger partial charge in [-0.05, 0) is 36.8 Å². The first-order valence-electron chi connectivity index (χ1n) is 8.60. The number of H-pyrrole nitrogens is 1. The smallest absolute Gasteiger partial charge is 0.277 e. The lowest BCUT2D eigenvalue weighted by molar-refractivity contribution is 0.832. The zero-order chi connectivity index (χ0) is 18.8. The predicted octanol–water partition coefficient (Wildman–Crippen LogP) is 3.58. The van der Waals surface area contributed by atoms with Crippen LogP contribution in [0.25, 0.3) is 5.78 Å². The Morgan fingerprint density at radius 2 is 1.81 bits per heavy atom. The highest BCUT2D eigenvalue weighted by Gasteiger charge is 2.13. The Morgan fingerprint density at radius 3 is 2.56 bits per heavy atom. The number of nitrogens with zero attached hydrogens (tertiary/aromatic N) is 3. The van der Waals surface area contributed by atoms with Crippen molar-refractivity contribution < 1.29 is 0 Å². The molecular formula is C20H18ClN5O. The zero-order valence-corrected chi connectivity index (χ0v) is 15.5. The van der Waals surface area contributed by atoms with E-state index in [1.165, 1.54) is 4.52 Å². The van der Waals surface area contributed by atoms with Gasteiger partial charge >= 0.3 is 0 Å². The molecule has 0 aliphatic rings. The summed E-state index contributed by atoms with van der Waals surface area (Å²) in [5.74, 6) is 1.01. The molecule has 0 amide bonds. The summed E-state index contributed by atoms with van der Waals surface area (Å²) >= 11 is 5.89. The molecule has 0 unspecified atom stereocenters. The average Bonchev–Trinajstić information content (AvgIpc) is 3.08. The number of benzene rings is 2. The number of aromatic amines is 1. The van der Waals surface area contributed by atoms with Crippen molar-refractivity contribution in [3.63, 3.8) is 0 Å². The molecule has 0 fully saturated rings. The quantitative estimate of drug-likeness (QED) is 0.555. The molecule has 2 aromatic carbocycles. The van der Waals surface area contributed by atoms with Gasteiger partial charge in [-0.2, -0.15) is 9.50 Å². The normalized spacial score (nSPS) is 11.0. The largest absolute Gasteiger partial charge is 0.378 e. The van der Waals surface area contributed by atoms with Crippen LogP contribution in [0.1, 0.15) is 22.6 Å². The second kappa shape index (κ2) is 7.25. The Hall–Kier alpha value is -3.12. The van der Waals surface area contributed by atoms with Crippen molar-refractivity contribution in [3.8, 4) is 0 Å².